The fourth-order valence-corrected chi connectivity index (χ4v) is 1.53. The zero-order valence-electron chi connectivity index (χ0n) is 10.1. The van der Waals surface area contributed by atoms with Gasteiger partial charge in [0.25, 0.3) is 0 Å². The third-order valence-corrected chi connectivity index (χ3v) is 2.86. The molecule has 1 aromatic rings. The number of anilines is 1. The fraction of sp³-hybridized carbons (Fsp3) is 0.300. The van der Waals surface area contributed by atoms with Gasteiger partial charge >= 0.3 is 0 Å². The molecule has 0 aliphatic heterocycles. The summed E-state index contributed by atoms with van der Waals surface area (Å²) in [5.41, 5.74) is 5.25. The average Bonchev–Trinajstić information content (AvgIpc) is 2.21. The summed E-state index contributed by atoms with van der Waals surface area (Å²) in [6.45, 7) is -0.0470. The van der Waals surface area contributed by atoms with Crippen molar-refractivity contribution in [2.75, 3.05) is 23.9 Å². The lowest BCUT2D eigenvalue weighted by Gasteiger charge is -2.06. The van der Waals surface area contributed by atoms with Crippen molar-refractivity contribution in [3.63, 3.8) is 0 Å². The van der Waals surface area contributed by atoms with E-state index in [0.717, 1.165) is 24.5 Å². The van der Waals surface area contributed by atoms with Gasteiger partial charge in [-0.15, -0.1) is 24.0 Å². The molecule has 0 radical (unpaired) electrons. The van der Waals surface area contributed by atoms with E-state index in [-0.39, 0.29) is 47.9 Å². The molecule has 5 nitrogen and oxygen atoms in total. The molecule has 108 valence electrons. The van der Waals surface area contributed by atoms with E-state index in [4.69, 9.17) is 5.73 Å². The van der Waals surface area contributed by atoms with Crippen molar-refractivity contribution in [1.82, 2.24) is 0 Å². The number of hydrogen-bond acceptors (Lipinski definition) is 3. The number of rotatable bonds is 4. The van der Waals surface area contributed by atoms with E-state index >= 15 is 0 Å². The Balaban J connectivity index is 0.00000324. The van der Waals surface area contributed by atoms with Crippen molar-refractivity contribution >= 4 is 45.5 Å². The van der Waals surface area contributed by atoms with E-state index in [1.807, 2.05) is 0 Å². The van der Waals surface area contributed by atoms with Crippen LogP contribution in [0, 0.1) is 11.6 Å². The predicted octanol–water partition coefficient (Wildman–Crippen LogP) is 1.35. The van der Waals surface area contributed by atoms with Gasteiger partial charge < -0.3 is 11.1 Å². The van der Waals surface area contributed by atoms with Gasteiger partial charge in [-0.2, -0.15) is 0 Å². The number of guanidine groups is 1. The van der Waals surface area contributed by atoms with Gasteiger partial charge in [0.2, 0.25) is 0 Å². The maximum Gasteiger partial charge on any atom is 0.193 e. The first kappa shape index (κ1) is 18.0. The molecule has 9 heteroatoms. The molecule has 0 aromatic heterocycles. The van der Waals surface area contributed by atoms with E-state index < -0.39 is 21.5 Å². The van der Waals surface area contributed by atoms with Gasteiger partial charge in [0.15, 0.2) is 5.96 Å². The Morgan fingerprint density at radius 2 is 2.05 bits per heavy atom. The van der Waals surface area contributed by atoms with E-state index in [1.54, 1.807) is 0 Å². The number of nitrogens with two attached hydrogens (primary N) is 1. The van der Waals surface area contributed by atoms with Crippen LogP contribution in [0.2, 0.25) is 0 Å². The summed E-state index contributed by atoms with van der Waals surface area (Å²) in [6.07, 6.45) is 1.07. The second kappa shape index (κ2) is 7.58. The number of nitrogens with one attached hydrogen (secondary N) is 1. The van der Waals surface area contributed by atoms with Crippen molar-refractivity contribution in [1.29, 1.82) is 0 Å². The third kappa shape index (κ3) is 7.25. The van der Waals surface area contributed by atoms with Crippen LogP contribution >= 0.6 is 24.0 Å². The molecule has 0 bridgehead atoms. The Morgan fingerprint density at radius 3 is 2.63 bits per heavy atom. The molecule has 3 N–H and O–H groups in total. The number of sulfone groups is 1. The SMILES string of the molecule is CS(=O)(=O)CCN=C(N)Nc1cc(F)ccc1F.I. The maximum absolute atomic E-state index is 13.2. The molecule has 1 rings (SSSR count). The number of nitrogens with zero attached hydrogens (tertiary/aromatic N) is 1. The Labute approximate surface area is 127 Å². The molecule has 0 fully saturated rings. The zero-order valence-corrected chi connectivity index (χ0v) is 13.2. The summed E-state index contributed by atoms with van der Waals surface area (Å²) in [5.74, 6) is -1.65. The molecule has 0 aliphatic carbocycles. The molecule has 0 saturated heterocycles. The summed E-state index contributed by atoms with van der Waals surface area (Å²) in [4.78, 5) is 3.69. The first-order chi connectivity index (χ1) is 8.28. The van der Waals surface area contributed by atoms with Gasteiger partial charge in [-0.1, -0.05) is 0 Å². The highest BCUT2D eigenvalue weighted by Crippen LogP contribution is 2.14. The van der Waals surface area contributed by atoms with E-state index in [9.17, 15) is 17.2 Å². The minimum absolute atomic E-state index is 0. The summed E-state index contributed by atoms with van der Waals surface area (Å²) < 4.78 is 47.7. The van der Waals surface area contributed by atoms with Crippen LogP contribution in [0.1, 0.15) is 0 Å². The topological polar surface area (TPSA) is 84.5 Å². The van der Waals surface area contributed by atoms with Crippen LogP contribution in [0.5, 0.6) is 0 Å². The largest absolute Gasteiger partial charge is 0.370 e. The molecular weight excluding hydrogens is 391 g/mol. The van der Waals surface area contributed by atoms with E-state index in [2.05, 4.69) is 10.3 Å². The van der Waals surface area contributed by atoms with Gasteiger partial charge in [-0.3, -0.25) is 4.99 Å². The van der Waals surface area contributed by atoms with Gasteiger partial charge in [0.1, 0.15) is 21.5 Å². The minimum atomic E-state index is -3.13. The number of benzene rings is 1. The Hall–Kier alpha value is -0.970. The molecule has 19 heavy (non-hydrogen) atoms. The summed E-state index contributed by atoms with van der Waals surface area (Å²) >= 11 is 0. The van der Waals surface area contributed by atoms with Crippen LogP contribution in [0.15, 0.2) is 23.2 Å². The van der Waals surface area contributed by atoms with Crippen LogP contribution < -0.4 is 11.1 Å². The second-order valence-corrected chi connectivity index (χ2v) is 5.91. The van der Waals surface area contributed by atoms with Crippen molar-refractivity contribution in [2.24, 2.45) is 10.7 Å². The highest BCUT2D eigenvalue weighted by atomic mass is 127. The average molecular weight is 405 g/mol. The quantitative estimate of drug-likeness (QED) is 0.450. The van der Waals surface area contributed by atoms with E-state index in [0.29, 0.717) is 0 Å². The van der Waals surface area contributed by atoms with Crippen LogP contribution in [-0.4, -0.2) is 32.9 Å². The first-order valence-corrected chi connectivity index (χ1v) is 7.04. The number of hydrogen-bond donors (Lipinski definition) is 2. The van der Waals surface area contributed by atoms with E-state index in [1.165, 1.54) is 0 Å². The first-order valence-electron chi connectivity index (χ1n) is 4.97. The Kier molecular flexibility index (Phi) is 7.19. The molecule has 0 atom stereocenters. The van der Waals surface area contributed by atoms with Crippen LogP contribution in [0.3, 0.4) is 0 Å². The van der Waals surface area contributed by atoms with Gasteiger partial charge in [-0.25, -0.2) is 17.2 Å². The van der Waals surface area contributed by atoms with Crippen LogP contribution in [0.25, 0.3) is 0 Å². The van der Waals surface area contributed by atoms with Gasteiger partial charge in [0, 0.05) is 12.3 Å². The smallest absolute Gasteiger partial charge is 0.193 e. The van der Waals surface area contributed by atoms with Crippen LogP contribution in [-0.2, 0) is 9.84 Å². The fourth-order valence-electron chi connectivity index (χ4n) is 1.10. The van der Waals surface area contributed by atoms with Crippen molar-refractivity contribution in [3.05, 3.63) is 29.8 Å². The normalized spacial score (nSPS) is 11.8. The molecule has 0 spiro atoms. The lowest BCUT2D eigenvalue weighted by Crippen LogP contribution is -2.24. The van der Waals surface area contributed by atoms with Crippen molar-refractivity contribution in [3.8, 4) is 0 Å². The number of aliphatic imine (C=N–C) groups is 1. The summed E-state index contributed by atoms with van der Waals surface area (Å²) in [7, 11) is -3.13. The second-order valence-electron chi connectivity index (χ2n) is 3.65. The molecule has 0 unspecified atom stereocenters. The maximum atomic E-state index is 13.2. The Bertz CT molecular complexity index is 564. The Morgan fingerprint density at radius 1 is 1.42 bits per heavy atom. The van der Waals surface area contributed by atoms with Crippen molar-refractivity contribution < 1.29 is 17.2 Å². The van der Waals surface area contributed by atoms with Crippen LogP contribution in [0.4, 0.5) is 14.5 Å². The number of halogens is 3. The molecule has 0 saturated carbocycles. The van der Waals surface area contributed by atoms with Gasteiger partial charge in [0.05, 0.1) is 18.0 Å². The lowest BCUT2D eigenvalue weighted by molar-refractivity contribution is 0.601. The zero-order chi connectivity index (χ0) is 13.8. The highest BCUT2D eigenvalue weighted by Gasteiger charge is 2.05. The third-order valence-electron chi connectivity index (χ3n) is 1.94. The molecular formula is C10H14F2IN3O2S. The summed E-state index contributed by atoms with van der Waals surface area (Å²) in [6, 6.07) is 2.84. The standard InChI is InChI=1S/C10H13F2N3O2S.HI/c1-18(16,17)5-4-14-10(13)15-9-6-7(11)2-3-8(9)12;/h2-3,6H,4-5H2,1H3,(H3,13,14,15);1H. The van der Waals surface area contributed by atoms with Gasteiger partial charge in [-0.05, 0) is 12.1 Å². The molecule has 0 heterocycles. The highest BCUT2D eigenvalue weighted by molar-refractivity contribution is 14.0. The van der Waals surface area contributed by atoms with Crippen molar-refractivity contribution in [2.45, 2.75) is 0 Å². The monoisotopic (exact) mass is 405 g/mol. The minimum Gasteiger partial charge on any atom is -0.370 e. The molecule has 0 amide bonds. The molecule has 1 aromatic carbocycles. The molecule has 0 aliphatic rings. The predicted molar refractivity (Wildman–Crippen MR) is 81.6 cm³/mol. The lowest BCUT2D eigenvalue weighted by atomic mass is 10.3. The summed E-state index contributed by atoms with van der Waals surface area (Å²) in [5, 5.41) is 2.36.